The molecule has 1 heterocycles. The maximum absolute atomic E-state index is 13.9. The van der Waals surface area contributed by atoms with Gasteiger partial charge in [-0.1, -0.05) is 47.5 Å². The summed E-state index contributed by atoms with van der Waals surface area (Å²) in [5.74, 6) is -18.4. The third-order valence-electron chi connectivity index (χ3n) is 9.09. The monoisotopic (exact) mass is 814 g/mol. The Bertz CT molecular complexity index is 1460. The van der Waals surface area contributed by atoms with Gasteiger partial charge in [0.1, 0.15) is 30.2 Å². The zero-order valence-electron chi connectivity index (χ0n) is 31.9. The standard InChI is InChI=1S/C34H51F5N6O11/c1-7-10-19(27(51)33(35,36)34(37,38)39)41-30(54)22-11-9-14-45(22)32(56)25(16(3)4)43-31(55)26(17(5)8-2)44-28(52)20(12-13-23(47)48)42-29(53)21(15-24(49)50)40-18(6)46/h16-17,19-22,25-26H,7-15H2,1-6H3,(H,40,46)(H,41,54)(H,42,53)(H,43,55)(H,44,52)(H,47,48)(H,49,50)/t17-,19?,20+,21-,22-,25-,26-/m0/s1. The van der Waals surface area contributed by atoms with Crippen molar-refractivity contribution in [2.24, 2.45) is 11.8 Å². The Morgan fingerprint density at radius 2 is 1.30 bits per heavy atom. The second kappa shape index (κ2) is 21.4. The number of Topliss-reactive ketones (excluding diaryl/α,β-unsaturated/α-hetero) is 1. The second-order valence-corrected chi connectivity index (χ2v) is 13.9. The molecule has 17 nitrogen and oxygen atoms in total. The Morgan fingerprint density at radius 1 is 0.732 bits per heavy atom. The Labute approximate surface area is 319 Å². The molecule has 22 heteroatoms. The molecule has 1 aliphatic heterocycles. The molecule has 1 rings (SSSR count). The van der Waals surface area contributed by atoms with Gasteiger partial charge in [-0.05, 0) is 37.5 Å². The Hall–Kier alpha value is -4.92. The van der Waals surface area contributed by atoms with Crippen LogP contribution in [0, 0.1) is 11.8 Å². The molecule has 0 bridgehead atoms. The number of nitrogens with zero attached hydrogens (tertiary/aromatic N) is 1. The van der Waals surface area contributed by atoms with Crippen molar-refractivity contribution in [1.29, 1.82) is 0 Å². The van der Waals surface area contributed by atoms with Crippen LogP contribution in [0.1, 0.15) is 92.9 Å². The first kappa shape index (κ1) is 49.1. The summed E-state index contributed by atoms with van der Waals surface area (Å²) in [5, 5.41) is 29.7. The van der Waals surface area contributed by atoms with Crippen molar-refractivity contribution in [3.05, 3.63) is 0 Å². The summed E-state index contributed by atoms with van der Waals surface area (Å²) >= 11 is 0. The van der Waals surface area contributed by atoms with Crippen LogP contribution in [-0.4, -0.2) is 123 Å². The lowest BCUT2D eigenvalue weighted by atomic mass is 9.95. The number of nitrogens with one attached hydrogen (secondary N) is 5. The molecule has 6 amide bonds. The maximum Gasteiger partial charge on any atom is 0.461 e. The summed E-state index contributed by atoms with van der Waals surface area (Å²) in [6.07, 6.45) is -8.48. The van der Waals surface area contributed by atoms with E-state index in [2.05, 4.69) is 21.3 Å². The molecule has 0 radical (unpaired) electrons. The molecule has 1 aliphatic rings. The largest absolute Gasteiger partial charge is 0.481 e. The number of carbonyl (C=O) groups excluding carboxylic acids is 7. The number of carbonyl (C=O) groups is 9. The van der Waals surface area contributed by atoms with Crippen molar-refractivity contribution < 1.29 is 75.3 Å². The predicted molar refractivity (Wildman–Crippen MR) is 184 cm³/mol. The van der Waals surface area contributed by atoms with Gasteiger partial charge in [-0.15, -0.1) is 0 Å². The van der Waals surface area contributed by atoms with Crippen LogP contribution in [0.25, 0.3) is 0 Å². The van der Waals surface area contributed by atoms with Crippen LogP contribution in [0.2, 0.25) is 0 Å². The van der Waals surface area contributed by atoms with E-state index in [4.69, 9.17) is 5.11 Å². The van der Waals surface area contributed by atoms with E-state index in [1.165, 1.54) is 20.8 Å². The average Bonchev–Trinajstić information content (AvgIpc) is 3.59. The predicted octanol–water partition coefficient (Wildman–Crippen LogP) is 1.03. The van der Waals surface area contributed by atoms with Crippen molar-refractivity contribution in [2.75, 3.05) is 6.54 Å². The maximum atomic E-state index is 13.9. The number of amides is 6. The molecule has 0 aromatic carbocycles. The van der Waals surface area contributed by atoms with Crippen molar-refractivity contribution in [2.45, 2.75) is 141 Å². The summed E-state index contributed by atoms with van der Waals surface area (Å²) in [6, 6.07) is -9.73. The molecule has 318 valence electrons. The van der Waals surface area contributed by atoms with Crippen LogP contribution < -0.4 is 26.6 Å². The topological polar surface area (TPSA) is 257 Å². The highest BCUT2D eigenvalue weighted by atomic mass is 19.4. The van der Waals surface area contributed by atoms with Crippen molar-refractivity contribution in [1.82, 2.24) is 31.5 Å². The lowest BCUT2D eigenvalue weighted by Gasteiger charge is -2.33. The Morgan fingerprint density at radius 3 is 1.79 bits per heavy atom. The van der Waals surface area contributed by atoms with Gasteiger partial charge in [0.05, 0.1) is 12.5 Å². The molecule has 7 N–H and O–H groups in total. The summed E-state index contributed by atoms with van der Waals surface area (Å²) in [4.78, 5) is 115. The minimum absolute atomic E-state index is 0.0523. The third kappa shape index (κ3) is 14.0. The number of rotatable bonds is 22. The lowest BCUT2D eigenvalue weighted by molar-refractivity contribution is -0.269. The molecule has 0 saturated carbocycles. The van der Waals surface area contributed by atoms with Crippen molar-refractivity contribution in [3.63, 3.8) is 0 Å². The number of carboxylic acid groups (broad SMARTS) is 2. The number of carboxylic acids is 2. The summed E-state index contributed by atoms with van der Waals surface area (Å²) in [7, 11) is 0. The summed E-state index contributed by atoms with van der Waals surface area (Å²) < 4.78 is 66.7. The van der Waals surface area contributed by atoms with Gasteiger partial charge in [0.2, 0.25) is 41.2 Å². The Kier molecular flexibility index (Phi) is 18.8. The minimum atomic E-state index is -6.21. The number of hydrogen-bond acceptors (Lipinski definition) is 9. The normalized spacial score (nSPS) is 17.7. The molecule has 56 heavy (non-hydrogen) atoms. The average molecular weight is 815 g/mol. The van der Waals surface area contributed by atoms with Gasteiger partial charge >= 0.3 is 24.0 Å². The van der Waals surface area contributed by atoms with Gasteiger partial charge in [0, 0.05) is 19.9 Å². The fourth-order valence-corrected chi connectivity index (χ4v) is 5.82. The quantitative estimate of drug-likeness (QED) is 0.0760. The van der Waals surface area contributed by atoms with Gasteiger partial charge in [0.15, 0.2) is 0 Å². The zero-order chi connectivity index (χ0) is 43.3. The number of ketones is 1. The summed E-state index contributed by atoms with van der Waals surface area (Å²) in [5.41, 5.74) is 0. The Balaban J connectivity index is 3.33. The van der Waals surface area contributed by atoms with E-state index in [1.807, 2.05) is 5.32 Å². The molecular formula is C34H51F5N6O11. The molecule has 7 atom stereocenters. The van der Waals surface area contributed by atoms with E-state index in [0.29, 0.717) is 0 Å². The highest BCUT2D eigenvalue weighted by Crippen LogP contribution is 2.37. The molecule has 0 aliphatic carbocycles. The number of hydrogen-bond donors (Lipinski definition) is 7. The highest BCUT2D eigenvalue weighted by molar-refractivity contribution is 5.99. The fraction of sp³-hybridized carbons (Fsp3) is 0.735. The first-order chi connectivity index (χ1) is 25.8. The zero-order valence-corrected chi connectivity index (χ0v) is 31.9. The minimum Gasteiger partial charge on any atom is -0.481 e. The van der Waals surface area contributed by atoms with Crippen molar-refractivity contribution in [3.8, 4) is 0 Å². The molecule has 0 aromatic rings. The highest BCUT2D eigenvalue weighted by Gasteiger charge is 2.64. The van der Waals surface area contributed by atoms with E-state index in [9.17, 15) is 70.2 Å². The van der Waals surface area contributed by atoms with Crippen LogP contribution in [0.4, 0.5) is 22.0 Å². The van der Waals surface area contributed by atoms with E-state index in [0.717, 1.165) is 11.8 Å². The molecular weight excluding hydrogens is 763 g/mol. The van der Waals surface area contributed by atoms with Gasteiger partial charge < -0.3 is 41.7 Å². The number of alkyl halides is 5. The molecule has 1 saturated heterocycles. The lowest BCUT2D eigenvalue weighted by Crippen LogP contribution is -2.61. The van der Waals surface area contributed by atoms with Crippen LogP contribution in [0.3, 0.4) is 0 Å². The number of likely N-dealkylation sites (tertiary alicyclic amines) is 1. The van der Waals surface area contributed by atoms with Crippen LogP contribution in [0.5, 0.6) is 0 Å². The van der Waals surface area contributed by atoms with E-state index in [-0.39, 0.29) is 32.2 Å². The van der Waals surface area contributed by atoms with Gasteiger partial charge in [-0.3, -0.25) is 43.2 Å². The fourth-order valence-electron chi connectivity index (χ4n) is 5.82. The van der Waals surface area contributed by atoms with E-state index >= 15 is 0 Å². The third-order valence-corrected chi connectivity index (χ3v) is 9.09. The van der Waals surface area contributed by atoms with Gasteiger partial charge in [0.25, 0.3) is 0 Å². The summed E-state index contributed by atoms with van der Waals surface area (Å²) in [6.45, 7) is 8.59. The molecule has 0 spiro atoms. The van der Waals surface area contributed by atoms with Crippen LogP contribution in [-0.2, 0) is 43.2 Å². The smallest absolute Gasteiger partial charge is 0.461 e. The van der Waals surface area contributed by atoms with Gasteiger partial charge in [-0.2, -0.15) is 22.0 Å². The second-order valence-electron chi connectivity index (χ2n) is 13.9. The van der Waals surface area contributed by atoms with Crippen molar-refractivity contribution >= 4 is 53.2 Å². The van der Waals surface area contributed by atoms with Crippen LogP contribution >= 0.6 is 0 Å². The van der Waals surface area contributed by atoms with Gasteiger partial charge in [-0.25, -0.2) is 0 Å². The van der Waals surface area contributed by atoms with Crippen LogP contribution in [0.15, 0.2) is 0 Å². The SMILES string of the molecule is CCCC(NC(=O)[C@@H]1CCCN1C(=O)[C@@H](NC(=O)[C@@H](NC(=O)[C@@H](CCC(=O)O)NC(=O)[C@H](CC(=O)O)NC(C)=O)[C@@H](C)CC)C(C)C)C(=O)C(F)(F)C(F)(F)F. The molecule has 1 fully saturated rings. The van der Waals surface area contributed by atoms with E-state index < -0.39 is 139 Å². The number of halogens is 5. The first-order valence-electron chi connectivity index (χ1n) is 18.0. The number of aliphatic carboxylic acids is 2. The van der Waals surface area contributed by atoms with E-state index in [1.54, 1.807) is 13.8 Å². The molecule has 0 aromatic heterocycles. The molecule has 1 unspecified atom stereocenters. The first-order valence-corrected chi connectivity index (χ1v) is 18.0.